The minimum atomic E-state index is -4.12. The first-order chi connectivity index (χ1) is 9.10. The normalized spacial score (nSPS) is 13.2. The van der Waals surface area contributed by atoms with Gasteiger partial charge < -0.3 is 10.1 Å². The first kappa shape index (κ1) is 17.3. The van der Waals surface area contributed by atoms with E-state index in [4.69, 9.17) is 0 Å². The molecule has 0 aliphatic carbocycles. The Labute approximate surface area is 119 Å². The highest BCUT2D eigenvalue weighted by Crippen LogP contribution is 2.24. The van der Waals surface area contributed by atoms with E-state index in [1.165, 1.54) is 11.3 Å². The molecule has 116 valence electrons. The van der Waals surface area contributed by atoms with Crippen LogP contribution in [0, 0.1) is 0 Å². The quantitative estimate of drug-likeness (QED) is 0.783. The van der Waals surface area contributed by atoms with Crippen LogP contribution >= 0.6 is 11.3 Å². The van der Waals surface area contributed by atoms with E-state index in [0.29, 0.717) is 11.6 Å². The molecule has 0 aromatic carbocycles. The number of ether oxygens (including phenoxy) is 1. The van der Waals surface area contributed by atoms with E-state index < -0.39 is 19.0 Å². The summed E-state index contributed by atoms with van der Waals surface area (Å²) in [4.78, 5) is 4.93. The Kier molecular flexibility index (Phi) is 5.91. The fraction of sp³-hybridized carbons (Fsp3) is 0.750. The number of alkyl halides is 4. The van der Waals surface area contributed by atoms with Crippen LogP contribution in [0.1, 0.15) is 30.7 Å². The van der Waals surface area contributed by atoms with Gasteiger partial charge in [-0.05, 0) is 20.8 Å². The first-order valence-electron chi connectivity index (χ1n) is 6.02. The maximum absolute atomic E-state index is 12.6. The topological polar surface area (TPSA) is 34.2 Å². The molecule has 20 heavy (non-hydrogen) atoms. The predicted octanol–water partition coefficient (Wildman–Crippen LogP) is 3.45. The number of halogens is 4. The van der Waals surface area contributed by atoms with Crippen LogP contribution < -0.4 is 5.32 Å². The summed E-state index contributed by atoms with van der Waals surface area (Å²) in [6.45, 7) is 5.16. The van der Waals surface area contributed by atoms with Gasteiger partial charge in [-0.1, -0.05) is 0 Å². The van der Waals surface area contributed by atoms with Gasteiger partial charge in [-0.25, -0.2) is 13.8 Å². The van der Waals surface area contributed by atoms with E-state index in [2.05, 4.69) is 15.0 Å². The summed E-state index contributed by atoms with van der Waals surface area (Å²) < 4.78 is 53.6. The van der Waals surface area contributed by atoms with E-state index in [-0.39, 0.29) is 12.1 Å². The molecule has 8 heteroatoms. The molecule has 1 aromatic heterocycles. The Bertz CT molecular complexity index is 418. The molecule has 0 saturated carbocycles. The van der Waals surface area contributed by atoms with Crippen molar-refractivity contribution in [1.29, 1.82) is 0 Å². The van der Waals surface area contributed by atoms with Crippen molar-refractivity contribution in [3.05, 3.63) is 16.1 Å². The van der Waals surface area contributed by atoms with Crippen molar-refractivity contribution in [3.63, 3.8) is 0 Å². The molecule has 0 unspecified atom stereocenters. The summed E-state index contributed by atoms with van der Waals surface area (Å²) in [6, 6.07) is 0. The molecule has 0 bridgehead atoms. The molecular weight excluding hydrogens is 296 g/mol. The second-order valence-corrected chi connectivity index (χ2v) is 6.58. The Hall–Kier alpha value is -0.730. The van der Waals surface area contributed by atoms with Crippen LogP contribution in [-0.2, 0) is 17.9 Å². The highest BCUT2D eigenvalue weighted by Gasteiger charge is 2.40. The van der Waals surface area contributed by atoms with Gasteiger partial charge in [-0.15, -0.1) is 11.3 Å². The van der Waals surface area contributed by atoms with Gasteiger partial charge in [0.05, 0.1) is 6.61 Å². The van der Waals surface area contributed by atoms with Crippen molar-refractivity contribution >= 4 is 11.3 Å². The van der Waals surface area contributed by atoms with Crippen molar-refractivity contribution in [1.82, 2.24) is 10.3 Å². The van der Waals surface area contributed by atoms with Crippen LogP contribution in [0.5, 0.6) is 0 Å². The van der Waals surface area contributed by atoms with E-state index in [9.17, 15) is 17.6 Å². The number of hydrogen-bond donors (Lipinski definition) is 1. The van der Waals surface area contributed by atoms with Gasteiger partial charge in [0.2, 0.25) is 0 Å². The number of nitrogens with zero attached hydrogens (tertiary/aromatic N) is 1. The average molecular weight is 314 g/mol. The van der Waals surface area contributed by atoms with Crippen molar-refractivity contribution in [2.75, 3.05) is 6.61 Å². The Balaban J connectivity index is 2.38. The SMILES string of the molecule is CC(C)(C)NCc1cnc(COCC(F)(F)C(F)F)s1. The summed E-state index contributed by atoms with van der Waals surface area (Å²) in [5, 5.41) is 3.74. The van der Waals surface area contributed by atoms with Gasteiger partial charge in [0.15, 0.2) is 0 Å². The third kappa shape index (κ3) is 6.15. The van der Waals surface area contributed by atoms with E-state index >= 15 is 0 Å². The van der Waals surface area contributed by atoms with Gasteiger partial charge in [0, 0.05) is 23.2 Å². The monoisotopic (exact) mass is 314 g/mol. The molecule has 0 amide bonds. The lowest BCUT2D eigenvalue weighted by molar-refractivity contribution is -0.168. The molecule has 0 radical (unpaired) electrons. The third-order valence-corrected chi connectivity index (χ3v) is 3.20. The lowest BCUT2D eigenvalue weighted by Gasteiger charge is -2.19. The maximum Gasteiger partial charge on any atom is 0.330 e. The predicted molar refractivity (Wildman–Crippen MR) is 69.3 cm³/mol. The summed E-state index contributed by atoms with van der Waals surface area (Å²) in [6.07, 6.45) is -2.10. The van der Waals surface area contributed by atoms with Crippen LogP contribution in [0.4, 0.5) is 17.6 Å². The first-order valence-corrected chi connectivity index (χ1v) is 6.84. The highest BCUT2D eigenvalue weighted by molar-refractivity contribution is 7.11. The third-order valence-electron chi connectivity index (χ3n) is 2.23. The molecule has 1 N–H and O–H groups in total. The van der Waals surface area contributed by atoms with Gasteiger partial charge in [0.25, 0.3) is 0 Å². The molecule has 0 fully saturated rings. The van der Waals surface area contributed by atoms with Crippen molar-refractivity contribution in [2.45, 2.75) is 51.8 Å². The number of hydrogen-bond acceptors (Lipinski definition) is 4. The minimum absolute atomic E-state index is 0.0417. The largest absolute Gasteiger partial charge is 0.368 e. The van der Waals surface area contributed by atoms with Gasteiger partial charge in [-0.2, -0.15) is 8.78 Å². The summed E-state index contributed by atoms with van der Waals surface area (Å²) >= 11 is 1.30. The van der Waals surface area contributed by atoms with Crippen molar-refractivity contribution < 1.29 is 22.3 Å². The molecule has 1 heterocycles. The molecule has 0 saturated heterocycles. The lowest BCUT2D eigenvalue weighted by atomic mass is 10.1. The highest BCUT2D eigenvalue weighted by atomic mass is 32.1. The lowest BCUT2D eigenvalue weighted by Crippen LogP contribution is -2.34. The molecule has 0 aliphatic rings. The van der Waals surface area contributed by atoms with E-state index in [1.807, 2.05) is 20.8 Å². The van der Waals surface area contributed by atoms with Crippen LogP contribution in [0.2, 0.25) is 0 Å². The van der Waals surface area contributed by atoms with Gasteiger partial charge >= 0.3 is 12.3 Å². The zero-order chi connectivity index (χ0) is 15.4. The van der Waals surface area contributed by atoms with Gasteiger partial charge in [-0.3, -0.25) is 0 Å². The number of aromatic nitrogens is 1. The van der Waals surface area contributed by atoms with Crippen molar-refractivity contribution in [3.8, 4) is 0 Å². The van der Waals surface area contributed by atoms with Crippen LogP contribution in [0.15, 0.2) is 6.20 Å². The fourth-order valence-corrected chi connectivity index (χ4v) is 1.99. The molecule has 3 nitrogen and oxygen atoms in total. The van der Waals surface area contributed by atoms with Crippen LogP contribution in [0.3, 0.4) is 0 Å². The molecule has 1 aromatic rings. The zero-order valence-corrected chi connectivity index (χ0v) is 12.4. The average Bonchev–Trinajstić information content (AvgIpc) is 2.73. The second-order valence-electron chi connectivity index (χ2n) is 5.38. The van der Waals surface area contributed by atoms with Crippen LogP contribution in [-0.4, -0.2) is 29.5 Å². The van der Waals surface area contributed by atoms with Crippen LogP contribution in [0.25, 0.3) is 0 Å². The van der Waals surface area contributed by atoms with E-state index in [1.54, 1.807) is 6.20 Å². The standard InChI is InChI=1S/C12H18F4N2OS/c1-11(2,3)18-5-8-4-17-9(20-8)6-19-7-12(15,16)10(13)14/h4,10,18H,5-7H2,1-3H3. The number of nitrogens with one attached hydrogen (secondary N) is 1. The van der Waals surface area contributed by atoms with Gasteiger partial charge in [0.1, 0.15) is 11.6 Å². The fourth-order valence-electron chi connectivity index (χ4n) is 1.19. The Morgan fingerprint density at radius 2 is 2.00 bits per heavy atom. The summed E-state index contributed by atoms with van der Waals surface area (Å²) in [5.41, 5.74) is -0.0417. The molecule has 0 aliphatic heterocycles. The molecule has 1 rings (SSSR count). The van der Waals surface area contributed by atoms with E-state index in [0.717, 1.165) is 4.88 Å². The summed E-state index contributed by atoms with van der Waals surface area (Å²) in [7, 11) is 0. The molecular formula is C12H18F4N2OS. The summed E-state index contributed by atoms with van der Waals surface area (Å²) in [5.74, 6) is -4.12. The number of thiazole rings is 1. The molecule has 0 spiro atoms. The zero-order valence-electron chi connectivity index (χ0n) is 11.6. The minimum Gasteiger partial charge on any atom is -0.368 e. The Morgan fingerprint density at radius 3 is 2.55 bits per heavy atom. The maximum atomic E-state index is 12.6. The Morgan fingerprint density at radius 1 is 1.35 bits per heavy atom. The number of rotatable bonds is 7. The molecule has 0 atom stereocenters. The smallest absolute Gasteiger partial charge is 0.330 e. The second kappa shape index (κ2) is 6.82. The van der Waals surface area contributed by atoms with Crippen molar-refractivity contribution in [2.24, 2.45) is 0 Å².